The van der Waals surface area contributed by atoms with E-state index in [1.54, 1.807) is 6.07 Å². The minimum absolute atomic E-state index is 0.399. The second-order valence-corrected chi connectivity index (χ2v) is 4.60. The van der Waals surface area contributed by atoms with E-state index in [9.17, 15) is 9.90 Å². The Kier molecular flexibility index (Phi) is 2.85. The quantitative estimate of drug-likeness (QED) is 0.762. The Morgan fingerprint density at radius 1 is 1.53 bits per heavy atom. The van der Waals surface area contributed by atoms with Crippen LogP contribution in [0.3, 0.4) is 0 Å². The second-order valence-electron chi connectivity index (χ2n) is 4.60. The molecule has 1 aromatic rings. The molecule has 0 saturated carbocycles. The first-order valence-electron chi connectivity index (χ1n) is 6.08. The molecule has 19 heavy (non-hydrogen) atoms. The van der Waals surface area contributed by atoms with E-state index in [2.05, 4.69) is 11.4 Å². The summed E-state index contributed by atoms with van der Waals surface area (Å²) in [6, 6.07) is 7.51. The number of rotatable bonds is 1. The van der Waals surface area contributed by atoms with E-state index in [-0.39, 0.29) is 0 Å². The summed E-state index contributed by atoms with van der Waals surface area (Å²) < 4.78 is 5.29. The van der Waals surface area contributed by atoms with Gasteiger partial charge in [0, 0.05) is 23.5 Å². The molecule has 2 aliphatic heterocycles. The van der Waals surface area contributed by atoms with Gasteiger partial charge in [0.1, 0.15) is 0 Å². The zero-order valence-electron chi connectivity index (χ0n) is 10.2. The number of benzene rings is 1. The molecule has 1 fully saturated rings. The number of ether oxygens (including phenoxy) is 1. The summed E-state index contributed by atoms with van der Waals surface area (Å²) in [7, 11) is 0. The second kappa shape index (κ2) is 4.53. The van der Waals surface area contributed by atoms with Crippen LogP contribution >= 0.6 is 0 Å². The zero-order valence-corrected chi connectivity index (χ0v) is 10.2. The highest BCUT2D eigenvalue weighted by Crippen LogP contribution is 2.34. The van der Waals surface area contributed by atoms with Gasteiger partial charge < -0.3 is 20.1 Å². The summed E-state index contributed by atoms with van der Waals surface area (Å²) in [6.45, 7) is 1.71. The van der Waals surface area contributed by atoms with Crippen molar-refractivity contribution < 1.29 is 14.6 Å². The van der Waals surface area contributed by atoms with Gasteiger partial charge in [-0.2, -0.15) is 5.26 Å². The van der Waals surface area contributed by atoms with Crippen molar-refractivity contribution in [3.63, 3.8) is 0 Å². The minimum Gasteiger partial charge on any atom is -0.378 e. The van der Waals surface area contributed by atoms with E-state index >= 15 is 0 Å². The maximum absolute atomic E-state index is 11.4. The third-order valence-electron chi connectivity index (χ3n) is 3.41. The number of hydrogen-bond donors (Lipinski definition) is 2. The lowest BCUT2D eigenvalue weighted by Gasteiger charge is -2.31. The van der Waals surface area contributed by atoms with E-state index in [4.69, 9.17) is 10.00 Å². The number of carbonyl (C=O) groups is 1. The van der Waals surface area contributed by atoms with Crippen LogP contribution in [-0.4, -0.2) is 36.8 Å². The summed E-state index contributed by atoms with van der Waals surface area (Å²) in [5, 5.41) is 21.2. The molecular weight excluding hydrogens is 246 g/mol. The number of anilines is 2. The molecule has 6 nitrogen and oxygen atoms in total. The summed E-state index contributed by atoms with van der Waals surface area (Å²) in [6.07, 6.45) is -1.51. The van der Waals surface area contributed by atoms with Gasteiger partial charge in [-0.1, -0.05) is 6.07 Å². The summed E-state index contributed by atoms with van der Waals surface area (Å²) in [4.78, 5) is 13.4. The third kappa shape index (κ3) is 2.03. The van der Waals surface area contributed by atoms with E-state index in [1.165, 1.54) is 0 Å². The maximum atomic E-state index is 11.4. The average molecular weight is 259 g/mol. The molecule has 0 spiro atoms. The number of carbonyl (C=O) groups excluding carboxylic acids is 1. The van der Waals surface area contributed by atoms with Crippen molar-refractivity contribution in [2.75, 3.05) is 29.9 Å². The molecule has 2 unspecified atom stereocenters. The number of nitrogens with one attached hydrogen (secondary N) is 1. The molecule has 0 aliphatic carbocycles. The predicted octanol–water partition coefficient (Wildman–Crippen LogP) is 0.401. The van der Waals surface area contributed by atoms with Gasteiger partial charge in [0.15, 0.2) is 12.2 Å². The molecule has 1 saturated heterocycles. The van der Waals surface area contributed by atoms with Crippen LogP contribution in [0.2, 0.25) is 0 Å². The lowest BCUT2D eigenvalue weighted by atomic mass is 10.1. The SMILES string of the molecule is N#CC1CN(c2ccc3c(c2)NC(=O)C3O)CCO1. The molecule has 0 bridgehead atoms. The van der Waals surface area contributed by atoms with Crippen LogP contribution in [0.5, 0.6) is 0 Å². The Morgan fingerprint density at radius 2 is 2.37 bits per heavy atom. The minimum atomic E-state index is -1.08. The fraction of sp³-hybridized carbons (Fsp3) is 0.385. The Morgan fingerprint density at radius 3 is 3.16 bits per heavy atom. The molecule has 2 aliphatic rings. The molecule has 6 heteroatoms. The van der Waals surface area contributed by atoms with Crippen LogP contribution in [0.1, 0.15) is 11.7 Å². The molecule has 2 atom stereocenters. The Hall–Kier alpha value is -2.10. The molecule has 0 aromatic heterocycles. The standard InChI is InChI=1S/C13H13N3O3/c14-6-9-7-16(3-4-19-9)8-1-2-10-11(5-8)15-13(18)12(10)17/h1-2,5,9,12,17H,3-4,7H2,(H,15,18). The first kappa shape index (κ1) is 12.0. The van der Waals surface area contributed by atoms with Crippen molar-refractivity contribution in [2.45, 2.75) is 12.2 Å². The average Bonchev–Trinajstić information content (AvgIpc) is 2.73. The van der Waals surface area contributed by atoms with Gasteiger partial charge in [-0.3, -0.25) is 4.79 Å². The van der Waals surface area contributed by atoms with Crippen molar-refractivity contribution in [3.8, 4) is 6.07 Å². The topological polar surface area (TPSA) is 85.6 Å². The summed E-state index contributed by atoms with van der Waals surface area (Å²) in [5.41, 5.74) is 2.14. The molecule has 2 N–H and O–H groups in total. The van der Waals surface area contributed by atoms with Gasteiger partial charge >= 0.3 is 0 Å². The van der Waals surface area contributed by atoms with Crippen molar-refractivity contribution in [1.29, 1.82) is 5.26 Å². The van der Waals surface area contributed by atoms with Gasteiger partial charge in [0.05, 0.1) is 19.2 Å². The fourth-order valence-corrected chi connectivity index (χ4v) is 2.39. The lowest BCUT2D eigenvalue weighted by Crippen LogP contribution is -2.41. The van der Waals surface area contributed by atoms with Crippen molar-refractivity contribution in [3.05, 3.63) is 23.8 Å². The molecule has 1 aromatic carbocycles. The fourth-order valence-electron chi connectivity index (χ4n) is 2.39. The number of nitrogens with zero attached hydrogens (tertiary/aromatic N) is 2. The molecule has 0 radical (unpaired) electrons. The highest BCUT2D eigenvalue weighted by Gasteiger charge is 2.29. The number of fused-ring (bicyclic) bond motifs is 1. The van der Waals surface area contributed by atoms with Crippen LogP contribution < -0.4 is 10.2 Å². The van der Waals surface area contributed by atoms with Gasteiger partial charge in [0.2, 0.25) is 0 Å². The summed E-state index contributed by atoms with van der Waals surface area (Å²) in [5.74, 6) is -0.399. The smallest absolute Gasteiger partial charge is 0.257 e. The van der Waals surface area contributed by atoms with E-state index in [0.717, 1.165) is 5.69 Å². The maximum Gasteiger partial charge on any atom is 0.257 e. The van der Waals surface area contributed by atoms with Crippen molar-refractivity contribution in [1.82, 2.24) is 0 Å². The van der Waals surface area contributed by atoms with Crippen LogP contribution in [0.15, 0.2) is 18.2 Å². The van der Waals surface area contributed by atoms with Crippen molar-refractivity contribution >= 4 is 17.3 Å². The number of aliphatic hydroxyl groups excluding tert-OH is 1. The predicted molar refractivity (Wildman–Crippen MR) is 67.6 cm³/mol. The van der Waals surface area contributed by atoms with Crippen LogP contribution in [0, 0.1) is 11.3 Å². The van der Waals surface area contributed by atoms with E-state index < -0.39 is 18.1 Å². The van der Waals surface area contributed by atoms with Gasteiger partial charge in [-0.25, -0.2) is 0 Å². The van der Waals surface area contributed by atoms with Crippen molar-refractivity contribution in [2.24, 2.45) is 0 Å². The summed E-state index contributed by atoms with van der Waals surface area (Å²) >= 11 is 0. The number of amides is 1. The first-order valence-corrected chi connectivity index (χ1v) is 6.08. The molecule has 1 amide bonds. The number of nitriles is 1. The van der Waals surface area contributed by atoms with Crippen LogP contribution in [0.4, 0.5) is 11.4 Å². The molecule has 98 valence electrons. The zero-order chi connectivity index (χ0) is 13.4. The van der Waals surface area contributed by atoms with Gasteiger partial charge in [-0.15, -0.1) is 0 Å². The Labute approximate surface area is 110 Å². The van der Waals surface area contributed by atoms with Gasteiger partial charge in [0.25, 0.3) is 5.91 Å². The lowest BCUT2D eigenvalue weighted by molar-refractivity contribution is -0.123. The number of aliphatic hydroxyl groups is 1. The largest absolute Gasteiger partial charge is 0.378 e. The molecule has 3 rings (SSSR count). The van der Waals surface area contributed by atoms with E-state index in [0.29, 0.717) is 30.9 Å². The first-order chi connectivity index (χ1) is 9.19. The van der Waals surface area contributed by atoms with Gasteiger partial charge in [-0.05, 0) is 12.1 Å². The highest BCUT2D eigenvalue weighted by atomic mass is 16.5. The Balaban J connectivity index is 1.86. The third-order valence-corrected chi connectivity index (χ3v) is 3.41. The van der Waals surface area contributed by atoms with Crippen LogP contribution in [-0.2, 0) is 9.53 Å². The van der Waals surface area contributed by atoms with E-state index in [1.807, 2.05) is 17.0 Å². The molecule has 2 heterocycles. The highest BCUT2D eigenvalue weighted by molar-refractivity contribution is 6.02. The van der Waals surface area contributed by atoms with Crippen LogP contribution in [0.25, 0.3) is 0 Å². The molecular formula is C13H13N3O3. The normalized spacial score (nSPS) is 25.7. The Bertz CT molecular complexity index is 567. The number of hydrogen-bond acceptors (Lipinski definition) is 5. The monoisotopic (exact) mass is 259 g/mol. The number of morpholine rings is 1.